The molecule has 1 fully saturated rings. The number of nitrogens with one attached hydrogen (secondary N) is 1. The summed E-state index contributed by atoms with van der Waals surface area (Å²) in [5.41, 5.74) is 0.591. The van der Waals surface area contributed by atoms with Crippen molar-refractivity contribution in [1.82, 2.24) is 10.2 Å². The van der Waals surface area contributed by atoms with Crippen molar-refractivity contribution in [3.63, 3.8) is 0 Å². The summed E-state index contributed by atoms with van der Waals surface area (Å²) in [6.45, 7) is 19.5. The maximum Gasteiger partial charge on any atom is 0.224 e. The zero-order chi connectivity index (χ0) is 21.0. The Morgan fingerprint density at radius 2 is 1.46 bits per heavy atom. The largest absolute Gasteiger partial charge is 0.379 e. The van der Waals surface area contributed by atoms with Crippen LogP contribution in [0.5, 0.6) is 0 Å². The van der Waals surface area contributed by atoms with E-state index in [0.29, 0.717) is 57.5 Å². The highest BCUT2D eigenvalue weighted by Crippen LogP contribution is 2.46. The third-order valence-electron chi connectivity index (χ3n) is 6.03. The van der Waals surface area contributed by atoms with Crippen LogP contribution in [-0.2, 0) is 19.0 Å². The number of amides is 1. The normalized spacial score (nSPS) is 17.3. The lowest BCUT2D eigenvalue weighted by atomic mass is 9.63. The van der Waals surface area contributed by atoms with Crippen LogP contribution in [0.25, 0.3) is 0 Å². The molecule has 0 spiro atoms. The molecule has 1 heterocycles. The van der Waals surface area contributed by atoms with Crippen LogP contribution >= 0.6 is 0 Å². The fraction of sp³-hybridized carbons (Fsp3) is 0.955. The highest BCUT2D eigenvalue weighted by molar-refractivity contribution is 5.76. The maximum atomic E-state index is 12.4. The molecule has 1 saturated heterocycles. The first kappa shape index (κ1) is 25.3. The van der Waals surface area contributed by atoms with Crippen LogP contribution in [0.3, 0.4) is 0 Å². The Balaban J connectivity index is 1.96. The molecule has 1 aliphatic rings. The highest BCUT2D eigenvalue weighted by Gasteiger charge is 2.40. The van der Waals surface area contributed by atoms with Gasteiger partial charge in [-0.1, -0.05) is 41.5 Å². The third-order valence-corrected chi connectivity index (χ3v) is 6.03. The summed E-state index contributed by atoms with van der Waals surface area (Å²) in [5.74, 6) is 0.209. The van der Waals surface area contributed by atoms with Gasteiger partial charge in [-0.05, 0) is 23.7 Å². The first-order valence-corrected chi connectivity index (χ1v) is 10.9. The van der Waals surface area contributed by atoms with Crippen molar-refractivity contribution < 1.29 is 19.0 Å². The summed E-state index contributed by atoms with van der Waals surface area (Å²) in [6, 6.07) is 0.488. The number of piperidine rings is 1. The second-order valence-electron chi connectivity index (χ2n) is 9.39. The molecule has 0 saturated carbocycles. The summed E-state index contributed by atoms with van der Waals surface area (Å²) < 4.78 is 16.5. The second-order valence-corrected chi connectivity index (χ2v) is 9.39. The second kappa shape index (κ2) is 12.8. The average Bonchev–Trinajstić information content (AvgIpc) is 2.62. The van der Waals surface area contributed by atoms with Crippen LogP contribution in [0.2, 0.25) is 0 Å². The molecule has 0 aromatic rings. The van der Waals surface area contributed by atoms with Gasteiger partial charge >= 0.3 is 0 Å². The molecule has 28 heavy (non-hydrogen) atoms. The lowest BCUT2D eigenvalue weighted by Gasteiger charge is -2.47. The quantitative estimate of drug-likeness (QED) is 0.482. The van der Waals surface area contributed by atoms with Gasteiger partial charge in [0, 0.05) is 25.7 Å². The predicted molar refractivity (Wildman–Crippen MR) is 114 cm³/mol. The molecule has 166 valence electrons. The topological polar surface area (TPSA) is 60.0 Å². The average molecular weight is 401 g/mol. The summed E-state index contributed by atoms with van der Waals surface area (Å²) in [6.07, 6.45) is 2.61. The van der Waals surface area contributed by atoms with Crippen LogP contribution in [0.15, 0.2) is 0 Å². The lowest BCUT2D eigenvalue weighted by Crippen LogP contribution is -2.47. The van der Waals surface area contributed by atoms with Crippen LogP contribution in [0.4, 0.5) is 0 Å². The summed E-state index contributed by atoms with van der Waals surface area (Å²) >= 11 is 0. The van der Waals surface area contributed by atoms with Crippen molar-refractivity contribution in [3.8, 4) is 0 Å². The maximum absolute atomic E-state index is 12.4. The van der Waals surface area contributed by atoms with E-state index in [0.717, 1.165) is 32.5 Å². The third kappa shape index (κ3) is 9.68. The Morgan fingerprint density at radius 1 is 0.964 bits per heavy atom. The zero-order valence-electron chi connectivity index (χ0n) is 19.1. The van der Waals surface area contributed by atoms with E-state index in [1.54, 1.807) is 0 Å². The summed E-state index contributed by atoms with van der Waals surface area (Å²) in [4.78, 5) is 14.4. The molecule has 0 radical (unpaired) electrons. The monoisotopic (exact) mass is 400 g/mol. The molecule has 0 unspecified atom stereocenters. The fourth-order valence-electron chi connectivity index (χ4n) is 3.28. The van der Waals surface area contributed by atoms with Gasteiger partial charge in [-0.15, -0.1) is 0 Å². The van der Waals surface area contributed by atoms with Gasteiger partial charge in [-0.25, -0.2) is 0 Å². The Labute approximate surface area is 172 Å². The van der Waals surface area contributed by atoms with Gasteiger partial charge in [0.2, 0.25) is 5.91 Å². The van der Waals surface area contributed by atoms with Crippen molar-refractivity contribution in [2.24, 2.45) is 10.8 Å². The number of carbonyl (C=O) groups is 1. The number of nitrogens with zero attached hydrogens (tertiary/aromatic N) is 1. The minimum Gasteiger partial charge on any atom is -0.379 e. The van der Waals surface area contributed by atoms with Gasteiger partial charge in [0.15, 0.2) is 0 Å². The van der Waals surface area contributed by atoms with Crippen LogP contribution in [0.1, 0.15) is 60.8 Å². The number of ether oxygens (including phenoxy) is 3. The van der Waals surface area contributed by atoms with Crippen molar-refractivity contribution in [2.75, 3.05) is 59.3 Å². The van der Waals surface area contributed by atoms with E-state index in [-0.39, 0.29) is 11.3 Å². The number of hydrogen-bond acceptors (Lipinski definition) is 5. The molecule has 6 nitrogen and oxygen atoms in total. The van der Waals surface area contributed by atoms with E-state index in [4.69, 9.17) is 14.2 Å². The van der Waals surface area contributed by atoms with E-state index in [1.165, 1.54) is 0 Å². The standard InChI is InChI=1S/C22H44N2O4/c1-19(2)23-10-14-27-16-18-28-17-15-26-13-7-20(25)24-11-8-22(6,9-12-24)21(3,4)5/h19,23H,7-18H2,1-6H3. The van der Waals surface area contributed by atoms with Gasteiger partial charge in [0.1, 0.15) is 0 Å². The Kier molecular flexibility index (Phi) is 11.6. The molecule has 0 aromatic heterocycles. The molecule has 1 amide bonds. The van der Waals surface area contributed by atoms with Gasteiger partial charge in [-0.2, -0.15) is 0 Å². The van der Waals surface area contributed by atoms with E-state index in [1.807, 2.05) is 4.90 Å². The smallest absolute Gasteiger partial charge is 0.224 e. The van der Waals surface area contributed by atoms with Crippen LogP contribution in [0, 0.1) is 10.8 Å². The first-order chi connectivity index (χ1) is 13.2. The molecular formula is C22H44N2O4. The van der Waals surface area contributed by atoms with E-state index in [9.17, 15) is 4.79 Å². The van der Waals surface area contributed by atoms with Crippen molar-refractivity contribution in [3.05, 3.63) is 0 Å². The lowest BCUT2D eigenvalue weighted by molar-refractivity contribution is -0.136. The molecular weight excluding hydrogens is 356 g/mol. The van der Waals surface area contributed by atoms with Crippen molar-refractivity contribution in [2.45, 2.75) is 66.8 Å². The molecule has 1 aliphatic heterocycles. The van der Waals surface area contributed by atoms with Gasteiger partial charge in [0.25, 0.3) is 0 Å². The molecule has 1 rings (SSSR count). The predicted octanol–water partition coefficient (Wildman–Crippen LogP) is 3.10. The fourth-order valence-corrected chi connectivity index (χ4v) is 3.28. The Hall–Kier alpha value is -0.690. The van der Waals surface area contributed by atoms with E-state index >= 15 is 0 Å². The summed E-state index contributed by atoms with van der Waals surface area (Å²) in [7, 11) is 0. The van der Waals surface area contributed by atoms with Crippen LogP contribution < -0.4 is 5.32 Å². The van der Waals surface area contributed by atoms with Gasteiger partial charge in [-0.3, -0.25) is 4.79 Å². The molecule has 0 aliphatic carbocycles. The molecule has 1 N–H and O–H groups in total. The highest BCUT2D eigenvalue weighted by atomic mass is 16.5. The van der Waals surface area contributed by atoms with Gasteiger partial charge in [0.05, 0.1) is 46.1 Å². The minimum absolute atomic E-state index is 0.209. The molecule has 6 heteroatoms. The number of likely N-dealkylation sites (tertiary alicyclic amines) is 1. The SMILES string of the molecule is CC(C)NCCOCCOCCOCCC(=O)N1CCC(C)(C(C)(C)C)CC1. The first-order valence-electron chi connectivity index (χ1n) is 10.9. The Morgan fingerprint density at radius 3 is 1.96 bits per heavy atom. The Bertz CT molecular complexity index is 427. The number of carbonyl (C=O) groups excluding carboxylic acids is 1. The van der Waals surface area contributed by atoms with Crippen molar-refractivity contribution >= 4 is 5.91 Å². The van der Waals surface area contributed by atoms with E-state index in [2.05, 4.69) is 46.9 Å². The molecule has 0 bridgehead atoms. The number of hydrogen-bond donors (Lipinski definition) is 1. The minimum atomic E-state index is 0.209. The van der Waals surface area contributed by atoms with Crippen LogP contribution in [-0.4, -0.2) is 76.1 Å². The molecule has 0 atom stereocenters. The number of rotatable bonds is 13. The van der Waals surface area contributed by atoms with E-state index < -0.39 is 0 Å². The summed E-state index contributed by atoms with van der Waals surface area (Å²) in [5, 5.41) is 3.30. The van der Waals surface area contributed by atoms with Gasteiger partial charge < -0.3 is 24.4 Å². The zero-order valence-corrected chi connectivity index (χ0v) is 19.1. The molecule has 0 aromatic carbocycles. The van der Waals surface area contributed by atoms with Crippen molar-refractivity contribution in [1.29, 1.82) is 0 Å².